The Morgan fingerprint density at radius 3 is 2.76 bits per heavy atom. The first kappa shape index (κ1) is 12.0. The van der Waals surface area contributed by atoms with E-state index < -0.39 is 0 Å². The minimum atomic E-state index is 0.553. The molecule has 0 spiro atoms. The molecular formula is C13H13BrN2O. The SMILES string of the molecule is CCc1cccc(Oc2cc(Br)nc(C)n2)c1. The second kappa shape index (κ2) is 5.27. The molecule has 0 radical (unpaired) electrons. The quantitative estimate of drug-likeness (QED) is 0.805. The summed E-state index contributed by atoms with van der Waals surface area (Å²) < 4.78 is 6.43. The van der Waals surface area contributed by atoms with Gasteiger partial charge in [0.05, 0.1) is 0 Å². The molecule has 0 N–H and O–H groups in total. The molecule has 1 heterocycles. The Balaban J connectivity index is 2.24. The Hall–Kier alpha value is -1.42. The highest BCUT2D eigenvalue weighted by Crippen LogP contribution is 2.22. The number of rotatable bonds is 3. The van der Waals surface area contributed by atoms with Gasteiger partial charge in [-0.3, -0.25) is 0 Å². The predicted molar refractivity (Wildman–Crippen MR) is 70.4 cm³/mol. The van der Waals surface area contributed by atoms with Crippen LogP contribution in [0.15, 0.2) is 34.9 Å². The van der Waals surface area contributed by atoms with E-state index in [1.807, 2.05) is 25.1 Å². The van der Waals surface area contributed by atoms with Crippen LogP contribution in [0.2, 0.25) is 0 Å². The lowest BCUT2D eigenvalue weighted by Crippen LogP contribution is -1.93. The summed E-state index contributed by atoms with van der Waals surface area (Å²) in [5.74, 6) is 2.04. The van der Waals surface area contributed by atoms with E-state index in [9.17, 15) is 0 Å². The van der Waals surface area contributed by atoms with Crippen molar-refractivity contribution in [1.82, 2.24) is 9.97 Å². The second-order valence-corrected chi connectivity index (χ2v) is 4.49. The van der Waals surface area contributed by atoms with Crippen molar-refractivity contribution in [3.63, 3.8) is 0 Å². The van der Waals surface area contributed by atoms with Gasteiger partial charge in [-0.25, -0.2) is 4.98 Å². The lowest BCUT2D eigenvalue weighted by Gasteiger charge is -2.06. The molecule has 2 rings (SSSR count). The summed E-state index contributed by atoms with van der Waals surface area (Å²) in [6.45, 7) is 3.95. The maximum absolute atomic E-state index is 5.70. The fourth-order valence-electron chi connectivity index (χ4n) is 1.51. The third-order valence-corrected chi connectivity index (χ3v) is 2.72. The summed E-state index contributed by atoms with van der Waals surface area (Å²) in [4.78, 5) is 8.36. The van der Waals surface area contributed by atoms with E-state index in [-0.39, 0.29) is 0 Å². The molecule has 3 nitrogen and oxygen atoms in total. The first-order chi connectivity index (χ1) is 8.17. The molecular weight excluding hydrogens is 280 g/mol. The Kier molecular flexibility index (Phi) is 3.74. The zero-order valence-corrected chi connectivity index (χ0v) is 11.4. The smallest absolute Gasteiger partial charge is 0.223 e. The van der Waals surface area contributed by atoms with Crippen LogP contribution in [0.5, 0.6) is 11.6 Å². The fraction of sp³-hybridized carbons (Fsp3) is 0.231. The van der Waals surface area contributed by atoms with Gasteiger partial charge in [-0.1, -0.05) is 19.1 Å². The van der Waals surface area contributed by atoms with Crippen molar-refractivity contribution in [3.8, 4) is 11.6 Å². The van der Waals surface area contributed by atoms with Crippen LogP contribution in [0, 0.1) is 6.92 Å². The molecule has 1 aromatic carbocycles. The Labute approximate surface area is 109 Å². The van der Waals surface area contributed by atoms with Gasteiger partial charge >= 0.3 is 0 Å². The van der Waals surface area contributed by atoms with E-state index in [1.165, 1.54) is 5.56 Å². The first-order valence-corrected chi connectivity index (χ1v) is 6.24. The van der Waals surface area contributed by atoms with Crippen molar-refractivity contribution in [1.29, 1.82) is 0 Å². The van der Waals surface area contributed by atoms with E-state index in [0.29, 0.717) is 11.7 Å². The highest BCUT2D eigenvalue weighted by atomic mass is 79.9. The van der Waals surface area contributed by atoms with Gasteiger partial charge in [-0.15, -0.1) is 0 Å². The minimum Gasteiger partial charge on any atom is -0.439 e. The van der Waals surface area contributed by atoms with E-state index in [2.05, 4.69) is 38.9 Å². The Bertz CT molecular complexity index is 508. The number of hydrogen-bond acceptors (Lipinski definition) is 3. The standard InChI is InChI=1S/C13H13BrN2O/c1-3-10-5-4-6-11(7-10)17-13-8-12(14)15-9(2)16-13/h4-8H,3H2,1-2H3. The summed E-state index contributed by atoms with van der Waals surface area (Å²) in [6, 6.07) is 9.76. The van der Waals surface area contributed by atoms with E-state index in [0.717, 1.165) is 16.8 Å². The van der Waals surface area contributed by atoms with Crippen molar-refractivity contribution in [2.75, 3.05) is 0 Å². The molecule has 0 amide bonds. The van der Waals surface area contributed by atoms with Crippen LogP contribution in [0.4, 0.5) is 0 Å². The molecule has 0 saturated heterocycles. The molecule has 0 atom stereocenters. The summed E-state index contributed by atoms with van der Waals surface area (Å²) in [6.07, 6.45) is 0.990. The molecule has 0 saturated carbocycles. The summed E-state index contributed by atoms with van der Waals surface area (Å²) in [7, 11) is 0. The van der Waals surface area contributed by atoms with Crippen molar-refractivity contribution in [2.45, 2.75) is 20.3 Å². The fourth-order valence-corrected chi connectivity index (χ4v) is 1.96. The maximum Gasteiger partial charge on any atom is 0.223 e. The molecule has 17 heavy (non-hydrogen) atoms. The zero-order valence-electron chi connectivity index (χ0n) is 9.77. The van der Waals surface area contributed by atoms with Crippen molar-refractivity contribution in [3.05, 3.63) is 46.3 Å². The number of aryl methyl sites for hydroxylation is 2. The molecule has 0 bridgehead atoms. The van der Waals surface area contributed by atoms with Crippen molar-refractivity contribution < 1.29 is 4.74 Å². The van der Waals surface area contributed by atoms with Crippen LogP contribution < -0.4 is 4.74 Å². The first-order valence-electron chi connectivity index (χ1n) is 5.45. The normalized spacial score (nSPS) is 10.3. The zero-order chi connectivity index (χ0) is 12.3. The molecule has 4 heteroatoms. The van der Waals surface area contributed by atoms with Gasteiger partial charge in [0.15, 0.2) is 0 Å². The van der Waals surface area contributed by atoms with E-state index in [1.54, 1.807) is 6.07 Å². The minimum absolute atomic E-state index is 0.553. The number of hydrogen-bond donors (Lipinski definition) is 0. The van der Waals surface area contributed by atoms with Gasteiger partial charge in [0.1, 0.15) is 16.2 Å². The predicted octanol–water partition coefficient (Wildman–Crippen LogP) is 3.90. The highest BCUT2D eigenvalue weighted by molar-refractivity contribution is 9.10. The monoisotopic (exact) mass is 292 g/mol. The van der Waals surface area contributed by atoms with Crippen LogP contribution >= 0.6 is 15.9 Å². The third-order valence-electron chi connectivity index (χ3n) is 2.31. The third kappa shape index (κ3) is 3.27. The van der Waals surface area contributed by atoms with Crippen LogP contribution in [0.25, 0.3) is 0 Å². The molecule has 88 valence electrons. The van der Waals surface area contributed by atoms with Gasteiger partial charge in [0, 0.05) is 6.07 Å². The second-order valence-electron chi connectivity index (χ2n) is 3.68. The van der Waals surface area contributed by atoms with Crippen molar-refractivity contribution in [2.24, 2.45) is 0 Å². The van der Waals surface area contributed by atoms with Crippen LogP contribution in [-0.4, -0.2) is 9.97 Å². The molecule has 0 aliphatic carbocycles. The lowest BCUT2D eigenvalue weighted by molar-refractivity contribution is 0.458. The van der Waals surface area contributed by atoms with E-state index >= 15 is 0 Å². The maximum atomic E-state index is 5.70. The topological polar surface area (TPSA) is 35.0 Å². The average molecular weight is 293 g/mol. The highest BCUT2D eigenvalue weighted by Gasteiger charge is 2.03. The number of nitrogens with zero attached hydrogens (tertiary/aromatic N) is 2. The van der Waals surface area contributed by atoms with Gasteiger partial charge in [-0.2, -0.15) is 4.98 Å². The summed E-state index contributed by atoms with van der Waals surface area (Å²) in [5, 5.41) is 0. The Morgan fingerprint density at radius 2 is 2.06 bits per heavy atom. The average Bonchev–Trinajstić information content (AvgIpc) is 2.28. The van der Waals surface area contributed by atoms with Crippen LogP contribution in [0.1, 0.15) is 18.3 Å². The van der Waals surface area contributed by atoms with Crippen LogP contribution in [0.3, 0.4) is 0 Å². The summed E-state index contributed by atoms with van der Waals surface area (Å²) in [5.41, 5.74) is 1.24. The van der Waals surface area contributed by atoms with Crippen molar-refractivity contribution >= 4 is 15.9 Å². The van der Waals surface area contributed by atoms with E-state index in [4.69, 9.17) is 4.74 Å². The number of benzene rings is 1. The molecule has 0 unspecified atom stereocenters. The number of aromatic nitrogens is 2. The molecule has 0 aliphatic heterocycles. The number of ether oxygens (including phenoxy) is 1. The molecule has 0 aliphatic rings. The van der Waals surface area contributed by atoms with Gasteiger partial charge in [0.25, 0.3) is 0 Å². The number of halogens is 1. The molecule has 1 aromatic heterocycles. The molecule has 2 aromatic rings. The summed E-state index contributed by atoms with van der Waals surface area (Å²) >= 11 is 3.32. The molecule has 0 fully saturated rings. The Morgan fingerprint density at radius 1 is 1.24 bits per heavy atom. The van der Waals surface area contributed by atoms with Gasteiger partial charge in [0.2, 0.25) is 5.88 Å². The van der Waals surface area contributed by atoms with Gasteiger partial charge in [-0.05, 0) is 47.0 Å². The van der Waals surface area contributed by atoms with Crippen LogP contribution in [-0.2, 0) is 6.42 Å². The lowest BCUT2D eigenvalue weighted by atomic mass is 10.2. The largest absolute Gasteiger partial charge is 0.439 e. The van der Waals surface area contributed by atoms with Gasteiger partial charge < -0.3 is 4.74 Å².